The Morgan fingerprint density at radius 3 is 2.27 bits per heavy atom. The highest BCUT2D eigenvalue weighted by atomic mass is 16.7. The first-order valence-corrected chi connectivity index (χ1v) is 13.2. The molecule has 0 bridgehead atoms. The number of benzene rings is 2. The lowest BCUT2D eigenvalue weighted by Gasteiger charge is -2.51. The van der Waals surface area contributed by atoms with Crippen molar-refractivity contribution in [2.24, 2.45) is 10.8 Å². The molecule has 3 aliphatic rings. The van der Waals surface area contributed by atoms with Crippen LogP contribution in [0.2, 0.25) is 0 Å². The number of aromatic nitrogens is 3. The number of carbonyl (C=O) groups is 2. The molecule has 1 aromatic heterocycles. The van der Waals surface area contributed by atoms with Crippen LogP contribution in [0.1, 0.15) is 59.9 Å². The number of cyclic esters (lactones) is 1. The van der Waals surface area contributed by atoms with Crippen LogP contribution in [-0.2, 0) is 14.3 Å². The van der Waals surface area contributed by atoms with Gasteiger partial charge in [0.2, 0.25) is 12.5 Å². The van der Waals surface area contributed by atoms with Crippen LogP contribution < -0.4 is 23.7 Å². The Labute approximate surface area is 236 Å². The molecular formula is C29H31N3O9. The van der Waals surface area contributed by atoms with Gasteiger partial charge in [0.15, 0.2) is 28.7 Å². The van der Waals surface area contributed by atoms with Crippen molar-refractivity contribution in [3.8, 4) is 28.7 Å². The smallest absolute Gasteiger partial charge is 0.360 e. The van der Waals surface area contributed by atoms with E-state index >= 15 is 0 Å². The van der Waals surface area contributed by atoms with E-state index in [-0.39, 0.29) is 31.7 Å². The van der Waals surface area contributed by atoms with Gasteiger partial charge in [0.25, 0.3) is 0 Å². The first-order chi connectivity index (χ1) is 19.7. The SMILES string of the molecule is CCOC(=O)c1cn(C2c3cc4c(cc3[C@@H](c3cc(OC)c(OC)c(OC)c3)[C@@]3(C)C(=O)OC[C@]23C)OCO4)nn1. The predicted molar refractivity (Wildman–Crippen MR) is 142 cm³/mol. The fraction of sp³-hybridized carbons (Fsp3) is 0.448. The number of rotatable bonds is 7. The first-order valence-electron chi connectivity index (χ1n) is 13.2. The van der Waals surface area contributed by atoms with Gasteiger partial charge in [-0.15, -0.1) is 5.10 Å². The molecule has 2 aliphatic heterocycles. The van der Waals surface area contributed by atoms with Crippen LogP contribution in [0.3, 0.4) is 0 Å². The lowest BCUT2D eigenvalue weighted by Crippen LogP contribution is -2.53. The summed E-state index contributed by atoms with van der Waals surface area (Å²) in [4.78, 5) is 26.4. The minimum atomic E-state index is -1.11. The van der Waals surface area contributed by atoms with Crippen LogP contribution in [0.4, 0.5) is 0 Å². The number of hydrogen-bond acceptors (Lipinski definition) is 11. The molecule has 1 unspecified atom stereocenters. The Morgan fingerprint density at radius 1 is 1.00 bits per heavy atom. The number of fused-ring (bicyclic) bond motifs is 3. The molecule has 4 atom stereocenters. The number of nitrogens with zero attached hydrogens (tertiary/aromatic N) is 3. The van der Waals surface area contributed by atoms with Crippen molar-refractivity contribution in [2.45, 2.75) is 32.7 Å². The second-order valence-electron chi connectivity index (χ2n) is 10.6. The van der Waals surface area contributed by atoms with Crippen LogP contribution in [0, 0.1) is 10.8 Å². The average molecular weight is 566 g/mol. The van der Waals surface area contributed by atoms with Gasteiger partial charge in [-0.05, 0) is 54.8 Å². The molecule has 1 aliphatic carbocycles. The lowest BCUT2D eigenvalue weighted by atomic mass is 9.49. The third-order valence-corrected chi connectivity index (χ3v) is 8.76. The van der Waals surface area contributed by atoms with E-state index in [1.165, 1.54) is 7.11 Å². The van der Waals surface area contributed by atoms with Crippen molar-refractivity contribution in [2.75, 3.05) is 41.3 Å². The molecular weight excluding hydrogens is 534 g/mol. The van der Waals surface area contributed by atoms with Gasteiger partial charge in [0.05, 0.1) is 45.6 Å². The summed E-state index contributed by atoms with van der Waals surface area (Å²) in [5.41, 5.74) is 0.495. The highest BCUT2D eigenvalue weighted by Gasteiger charge is 2.68. The summed E-state index contributed by atoms with van der Waals surface area (Å²) in [6.45, 7) is 6.00. The Bertz CT molecular complexity index is 1530. The highest BCUT2D eigenvalue weighted by molar-refractivity contribution is 5.87. The first kappa shape index (κ1) is 26.7. The summed E-state index contributed by atoms with van der Waals surface area (Å²) in [7, 11) is 4.63. The van der Waals surface area contributed by atoms with Crippen molar-refractivity contribution in [3.05, 3.63) is 52.8 Å². The number of esters is 2. The summed E-state index contributed by atoms with van der Waals surface area (Å²) >= 11 is 0. The van der Waals surface area contributed by atoms with E-state index in [9.17, 15) is 9.59 Å². The van der Waals surface area contributed by atoms with Gasteiger partial charge in [-0.1, -0.05) is 12.1 Å². The van der Waals surface area contributed by atoms with Crippen LogP contribution in [0.5, 0.6) is 28.7 Å². The molecule has 0 amide bonds. The molecule has 41 heavy (non-hydrogen) atoms. The van der Waals surface area contributed by atoms with Crippen LogP contribution in [-0.4, -0.2) is 68.3 Å². The highest BCUT2D eigenvalue weighted by Crippen LogP contribution is 2.67. The van der Waals surface area contributed by atoms with E-state index in [0.717, 1.165) is 16.7 Å². The zero-order chi connectivity index (χ0) is 29.1. The van der Waals surface area contributed by atoms with Gasteiger partial charge in [0.1, 0.15) is 6.61 Å². The number of methoxy groups -OCH3 is 3. The molecule has 2 aromatic carbocycles. The lowest BCUT2D eigenvalue weighted by molar-refractivity contribution is -0.147. The molecule has 6 rings (SSSR count). The normalized spacial score (nSPS) is 25.7. The molecule has 0 N–H and O–H groups in total. The van der Waals surface area contributed by atoms with Gasteiger partial charge in [0, 0.05) is 11.3 Å². The molecule has 12 nitrogen and oxygen atoms in total. The summed E-state index contributed by atoms with van der Waals surface area (Å²) < 4.78 is 41.0. The fourth-order valence-electron chi connectivity index (χ4n) is 6.59. The zero-order valence-electron chi connectivity index (χ0n) is 23.7. The van der Waals surface area contributed by atoms with Gasteiger partial charge >= 0.3 is 11.9 Å². The molecule has 0 saturated carbocycles. The molecule has 12 heteroatoms. The monoisotopic (exact) mass is 565 g/mol. The van der Waals surface area contributed by atoms with E-state index < -0.39 is 28.8 Å². The topological polar surface area (TPSA) is 129 Å². The Morgan fingerprint density at radius 2 is 1.66 bits per heavy atom. The molecule has 0 radical (unpaired) electrons. The molecule has 3 heterocycles. The van der Waals surface area contributed by atoms with Crippen molar-refractivity contribution in [1.82, 2.24) is 15.0 Å². The van der Waals surface area contributed by atoms with Gasteiger partial charge in [-0.2, -0.15) is 0 Å². The fourth-order valence-corrected chi connectivity index (χ4v) is 6.59. The number of hydrogen-bond donors (Lipinski definition) is 0. The minimum absolute atomic E-state index is 0.0661. The second kappa shape index (κ2) is 9.57. The van der Waals surface area contributed by atoms with Crippen LogP contribution in [0.25, 0.3) is 0 Å². The van der Waals surface area contributed by atoms with Crippen LogP contribution >= 0.6 is 0 Å². The van der Waals surface area contributed by atoms with Gasteiger partial charge < -0.3 is 33.2 Å². The second-order valence-corrected chi connectivity index (χ2v) is 10.6. The summed E-state index contributed by atoms with van der Waals surface area (Å²) in [5, 5.41) is 8.44. The van der Waals surface area contributed by atoms with E-state index in [1.807, 2.05) is 38.1 Å². The van der Waals surface area contributed by atoms with Crippen LogP contribution in [0.15, 0.2) is 30.5 Å². The summed E-state index contributed by atoms with van der Waals surface area (Å²) in [6.07, 6.45) is 1.55. The maximum Gasteiger partial charge on any atom is 0.360 e. The Hall–Kier alpha value is -4.48. The third-order valence-electron chi connectivity index (χ3n) is 8.76. The van der Waals surface area contributed by atoms with Gasteiger partial charge in [-0.3, -0.25) is 4.79 Å². The summed E-state index contributed by atoms with van der Waals surface area (Å²) in [5.74, 6) is 1.01. The zero-order valence-corrected chi connectivity index (χ0v) is 23.7. The molecule has 3 aromatic rings. The van der Waals surface area contributed by atoms with Crippen molar-refractivity contribution >= 4 is 11.9 Å². The maximum absolute atomic E-state index is 13.9. The molecule has 1 fully saturated rings. The van der Waals surface area contributed by atoms with Gasteiger partial charge in [-0.25, -0.2) is 9.48 Å². The maximum atomic E-state index is 13.9. The van der Waals surface area contributed by atoms with E-state index in [2.05, 4.69) is 10.3 Å². The van der Waals surface area contributed by atoms with E-state index in [0.29, 0.717) is 28.7 Å². The molecule has 216 valence electrons. The predicted octanol–water partition coefficient (Wildman–Crippen LogP) is 3.51. The Kier molecular flexibility index (Phi) is 6.24. The third kappa shape index (κ3) is 3.65. The number of carbonyl (C=O) groups excluding carboxylic acids is 2. The van der Waals surface area contributed by atoms with E-state index in [4.69, 9.17) is 33.2 Å². The molecule has 0 spiro atoms. The quantitative estimate of drug-likeness (QED) is 0.390. The largest absolute Gasteiger partial charge is 0.493 e. The van der Waals surface area contributed by atoms with Crippen molar-refractivity contribution in [1.29, 1.82) is 0 Å². The minimum Gasteiger partial charge on any atom is -0.493 e. The number of ether oxygens (including phenoxy) is 7. The standard InChI is InChI=1S/C29H31N3O9/c1-7-38-26(33)18-12-32(31-30-18)25-17-11-20-19(40-14-41-20)10-16(17)23(29(3)27(34)39-13-28(25,29)2)15-8-21(35-4)24(37-6)22(9-15)36-5/h8-12,23,25H,7,13-14H2,1-6H3/t23-,25?,28-,29+/m1/s1. The average Bonchev–Trinajstić information content (AvgIpc) is 3.69. The van der Waals surface area contributed by atoms with Crippen molar-refractivity contribution in [3.63, 3.8) is 0 Å². The summed E-state index contributed by atoms with van der Waals surface area (Å²) in [6, 6.07) is 6.96. The van der Waals surface area contributed by atoms with Crippen molar-refractivity contribution < 1.29 is 42.7 Å². The molecule has 1 saturated heterocycles. The van der Waals surface area contributed by atoms with E-state index in [1.54, 1.807) is 32.0 Å². The Balaban J connectivity index is 1.64.